The summed E-state index contributed by atoms with van der Waals surface area (Å²) in [6.07, 6.45) is 2.84. The molecule has 3 aromatic rings. The first-order valence-electron chi connectivity index (χ1n) is 8.62. The molecule has 6 nitrogen and oxygen atoms in total. The van der Waals surface area contributed by atoms with Crippen LogP contribution in [0.5, 0.6) is 0 Å². The minimum atomic E-state index is -0.00714. The van der Waals surface area contributed by atoms with Crippen molar-refractivity contribution in [3.8, 4) is 0 Å². The van der Waals surface area contributed by atoms with Gasteiger partial charge in [-0.1, -0.05) is 5.16 Å². The zero-order chi connectivity index (χ0) is 17.4. The molecule has 0 saturated carbocycles. The third kappa shape index (κ3) is 3.17. The van der Waals surface area contributed by atoms with Gasteiger partial charge >= 0.3 is 0 Å². The van der Waals surface area contributed by atoms with Crippen LogP contribution in [-0.4, -0.2) is 40.1 Å². The molecule has 0 unspecified atom stereocenters. The number of nitrogens with one attached hydrogen (secondary N) is 2. The molecule has 1 atom stereocenters. The molecule has 0 radical (unpaired) electrons. The summed E-state index contributed by atoms with van der Waals surface area (Å²) in [7, 11) is 0. The van der Waals surface area contributed by atoms with Gasteiger partial charge in [-0.15, -0.1) is 0 Å². The quantitative estimate of drug-likeness (QED) is 0.767. The van der Waals surface area contributed by atoms with Crippen molar-refractivity contribution in [1.82, 2.24) is 20.4 Å². The highest BCUT2D eigenvalue weighted by molar-refractivity contribution is 5.98. The van der Waals surface area contributed by atoms with Crippen LogP contribution in [0, 0.1) is 13.8 Å². The summed E-state index contributed by atoms with van der Waals surface area (Å²) < 4.78 is 5.23. The van der Waals surface area contributed by atoms with Crippen LogP contribution in [0.3, 0.4) is 0 Å². The van der Waals surface area contributed by atoms with Gasteiger partial charge in [-0.25, -0.2) is 0 Å². The van der Waals surface area contributed by atoms with E-state index in [1.54, 1.807) is 0 Å². The van der Waals surface area contributed by atoms with Gasteiger partial charge < -0.3 is 14.8 Å². The number of carbonyl (C=O) groups is 1. The Morgan fingerprint density at radius 2 is 2.28 bits per heavy atom. The number of benzene rings is 1. The summed E-state index contributed by atoms with van der Waals surface area (Å²) in [6.45, 7) is 6.55. The first-order chi connectivity index (χ1) is 12.1. The van der Waals surface area contributed by atoms with E-state index in [4.69, 9.17) is 4.52 Å². The highest BCUT2D eigenvalue weighted by Crippen LogP contribution is 2.19. The fourth-order valence-corrected chi connectivity index (χ4v) is 3.51. The zero-order valence-corrected chi connectivity index (χ0v) is 14.5. The molecule has 0 bridgehead atoms. The molecular weight excluding hydrogens is 316 g/mol. The Morgan fingerprint density at radius 1 is 1.40 bits per heavy atom. The topological polar surface area (TPSA) is 74.2 Å². The largest absolute Gasteiger partial charge is 0.361 e. The van der Waals surface area contributed by atoms with Gasteiger partial charge in [-0.2, -0.15) is 0 Å². The second-order valence-corrected chi connectivity index (χ2v) is 6.78. The fourth-order valence-electron chi connectivity index (χ4n) is 3.51. The van der Waals surface area contributed by atoms with E-state index >= 15 is 0 Å². The Hall–Kier alpha value is -2.60. The van der Waals surface area contributed by atoms with Crippen molar-refractivity contribution >= 4 is 16.8 Å². The maximum absolute atomic E-state index is 12.5. The summed E-state index contributed by atoms with van der Waals surface area (Å²) in [4.78, 5) is 18.0. The van der Waals surface area contributed by atoms with Crippen molar-refractivity contribution in [2.45, 2.75) is 32.9 Å². The third-order valence-corrected chi connectivity index (χ3v) is 4.99. The van der Waals surface area contributed by atoms with Crippen molar-refractivity contribution in [3.05, 3.63) is 53.0 Å². The van der Waals surface area contributed by atoms with E-state index in [9.17, 15) is 4.79 Å². The highest BCUT2D eigenvalue weighted by Gasteiger charge is 2.25. The van der Waals surface area contributed by atoms with Crippen molar-refractivity contribution < 1.29 is 9.32 Å². The average Bonchev–Trinajstić information content (AvgIpc) is 3.31. The summed E-state index contributed by atoms with van der Waals surface area (Å²) in [5, 5.41) is 8.23. The smallest absolute Gasteiger partial charge is 0.251 e. The minimum absolute atomic E-state index is 0.00714. The van der Waals surface area contributed by atoms with E-state index in [0.717, 1.165) is 54.0 Å². The molecule has 0 spiro atoms. The lowest BCUT2D eigenvalue weighted by atomic mass is 10.1. The molecule has 1 aromatic carbocycles. The molecule has 0 aliphatic carbocycles. The third-order valence-electron chi connectivity index (χ3n) is 4.99. The summed E-state index contributed by atoms with van der Waals surface area (Å²) in [6, 6.07) is 7.90. The van der Waals surface area contributed by atoms with E-state index in [1.807, 2.05) is 44.3 Å². The van der Waals surface area contributed by atoms with Crippen LogP contribution in [0.15, 0.2) is 35.0 Å². The molecule has 3 heterocycles. The number of carbonyl (C=O) groups excluding carboxylic acids is 1. The van der Waals surface area contributed by atoms with Gasteiger partial charge in [-0.05, 0) is 44.5 Å². The van der Waals surface area contributed by atoms with Gasteiger partial charge in [0, 0.05) is 53.9 Å². The Labute approximate surface area is 146 Å². The van der Waals surface area contributed by atoms with Gasteiger partial charge in [0.1, 0.15) is 5.76 Å². The molecule has 130 valence electrons. The van der Waals surface area contributed by atoms with Crippen LogP contribution < -0.4 is 5.32 Å². The Bertz CT molecular complexity index is 892. The van der Waals surface area contributed by atoms with Gasteiger partial charge in [0.05, 0.1) is 5.69 Å². The van der Waals surface area contributed by atoms with Gasteiger partial charge in [0.25, 0.3) is 5.91 Å². The molecule has 1 amide bonds. The predicted molar refractivity (Wildman–Crippen MR) is 95.4 cm³/mol. The number of likely N-dealkylation sites (tertiary alicyclic amines) is 1. The standard InChI is InChI=1S/C19H22N4O2/c1-12-17(13(2)25-22-12)11-23-8-6-16(10-23)21-19(24)15-3-4-18-14(9-15)5-7-20-18/h3-5,7,9,16,20H,6,8,10-11H2,1-2H3,(H,21,24)/t16-/m0/s1. The molecule has 1 aliphatic rings. The van der Waals surface area contributed by atoms with E-state index in [-0.39, 0.29) is 11.9 Å². The maximum Gasteiger partial charge on any atom is 0.251 e. The van der Waals surface area contributed by atoms with Crippen LogP contribution in [-0.2, 0) is 6.54 Å². The average molecular weight is 338 g/mol. The molecule has 6 heteroatoms. The van der Waals surface area contributed by atoms with E-state index in [1.165, 1.54) is 0 Å². The lowest BCUT2D eigenvalue weighted by molar-refractivity contribution is 0.0937. The van der Waals surface area contributed by atoms with E-state index < -0.39 is 0 Å². The van der Waals surface area contributed by atoms with E-state index in [0.29, 0.717) is 5.56 Å². The van der Waals surface area contributed by atoms with Crippen LogP contribution >= 0.6 is 0 Å². The minimum Gasteiger partial charge on any atom is -0.361 e. The van der Waals surface area contributed by atoms with Crippen LogP contribution in [0.4, 0.5) is 0 Å². The molecule has 25 heavy (non-hydrogen) atoms. The number of aromatic nitrogens is 2. The number of amides is 1. The number of fused-ring (bicyclic) bond motifs is 1. The first kappa shape index (κ1) is 15.9. The second kappa shape index (κ2) is 6.37. The predicted octanol–water partition coefficient (Wildman–Crippen LogP) is 2.78. The molecule has 1 saturated heterocycles. The molecule has 4 rings (SSSR count). The molecule has 2 N–H and O–H groups in total. The summed E-state index contributed by atoms with van der Waals surface area (Å²) >= 11 is 0. The van der Waals surface area contributed by atoms with Gasteiger partial charge in [-0.3, -0.25) is 9.69 Å². The molecular formula is C19H22N4O2. The second-order valence-electron chi connectivity index (χ2n) is 6.78. The van der Waals surface area contributed by atoms with Crippen molar-refractivity contribution in [2.24, 2.45) is 0 Å². The molecule has 1 fully saturated rings. The van der Waals surface area contributed by atoms with Crippen molar-refractivity contribution in [2.75, 3.05) is 13.1 Å². The van der Waals surface area contributed by atoms with Crippen LogP contribution in [0.2, 0.25) is 0 Å². The summed E-state index contributed by atoms with van der Waals surface area (Å²) in [5.74, 6) is 0.872. The fraction of sp³-hybridized carbons (Fsp3) is 0.368. The van der Waals surface area contributed by atoms with Crippen molar-refractivity contribution in [1.29, 1.82) is 0 Å². The molecule has 1 aliphatic heterocycles. The lowest BCUT2D eigenvalue weighted by Gasteiger charge is -2.16. The SMILES string of the molecule is Cc1noc(C)c1CN1CC[C@H](NC(=O)c2ccc3[nH]ccc3c2)C1. The number of nitrogens with zero attached hydrogens (tertiary/aromatic N) is 2. The Morgan fingerprint density at radius 3 is 3.08 bits per heavy atom. The first-order valence-corrected chi connectivity index (χ1v) is 8.62. The number of aryl methyl sites for hydroxylation is 2. The maximum atomic E-state index is 12.5. The van der Waals surface area contributed by atoms with Crippen LogP contribution in [0.1, 0.15) is 33.8 Å². The van der Waals surface area contributed by atoms with E-state index in [2.05, 4.69) is 20.4 Å². The monoisotopic (exact) mass is 338 g/mol. The normalized spacial score (nSPS) is 18.1. The van der Waals surface area contributed by atoms with Crippen molar-refractivity contribution in [3.63, 3.8) is 0 Å². The number of rotatable bonds is 4. The zero-order valence-electron chi connectivity index (χ0n) is 14.5. The van der Waals surface area contributed by atoms with Gasteiger partial charge in [0.2, 0.25) is 0 Å². The number of hydrogen-bond donors (Lipinski definition) is 2. The Kier molecular flexibility index (Phi) is 4.05. The number of hydrogen-bond acceptors (Lipinski definition) is 4. The Balaban J connectivity index is 1.38. The number of aromatic amines is 1. The van der Waals surface area contributed by atoms with Gasteiger partial charge in [0.15, 0.2) is 0 Å². The van der Waals surface area contributed by atoms with Crippen LogP contribution in [0.25, 0.3) is 10.9 Å². The molecule has 2 aromatic heterocycles. The summed E-state index contributed by atoms with van der Waals surface area (Å²) in [5.41, 5.74) is 3.86. The highest BCUT2D eigenvalue weighted by atomic mass is 16.5. The number of H-pyrrole nitrogens is 1. The lowest BCUT2D eigenvalue weighted by Crippen LogP contribution is -2.37.